The number of nitrogens with one attached hydrogen (secondary N) is 1. The number of amides is 1. The van der Waals surface area contributed by atoms with Crippen LogP contribution in [0.2, 0.25) is 0 Å². The largest absolute Gasteiger partial charge is 0.493 e. The van der Waals surface area contributed by atoms with Crippen LogP contribution < -0.4 is 19.5 Å². The van der Waals surface area contributed by atoms with Gasteiger partial charge in [0.25, 0.3) is 5.91 Å². The second kappa shape index (κ2) is 14.0. The lowest BCUT2D eigenvalue weighted by Crippen LogP contribution is -2.13. The van der Waals surface area contributed by atoms with Gasteiger partial charge in [0.05, 0.1) is 7.11 Å². The van der Waals surface area contributed by atoms with Crippen LogP contribution in [0, 0.1) is 18.3 Å². The molecule has 0 aliphatic heterocycles. The number of hydrogen-bond donors (Lipinski definition) is 1. The van der Waals surface area contributed by atoms with Crippen molar-refractivity contribution in [3.05, 3.63) is 63.7 Å². The number of unbranched alkanes of at least 4 members (excludes halogenated alkanes) is 1. The van der Waals surface area contributed by atoms with Crippen molar-refractivity contribution < 1.29 is 19.0 Å². The van der Waals surface area contributed by atoms with Crippen molar-refractivity contribution in [1.29, 1.82) is 5.26 Å². The normalized spacial score (nSPS) is 11.1. The average molecular weight is 521 g/mol. The number of carbonyl (C=O) groups is 1. The van der Waals surface area contributed by atoms with Crippen LogP contribution in [0.25, 0.3) is 6.08 Å². The summed E-state index contributed by atoms with van der Waals surface area (Å²) in [7, 11) is 1.54. The Morgan fingerprint density at radius 1 is 1.11 bits per heavy atom. The van der Waals surface area contributed by atoms with Gasteiger partial charge in [0.1, 0.15) is 35.6 Å². The maximum absolute atomic E-state index is 12.6. The molecule has 0 unspecified atom stereocenters. The number of ether oxygens (including phenoxy) is 3. The number of methoxy groups -OCH3 is 1. The highest BCUT2D eigenvalue weighted by Gasteiger charge is 2.14. The number of aromatic nitrogens is 2. The number of benzene rings is 2. The highest BCUT2D eigenvalue weighted by Crippen LogP contribution is 2.29. The smallest absolute Gasteiger partial charge is 0.268 e. The molecule has 1 heterocycles. The fourth-order valence-electron chi connectivity index (χ4n) is 3.53. The number of aryl methyl sites for hydroxylation is 3. The summed E-state index contributed by atoms with van der Waals surface area (Å²) >= 11 is 1.32. The van der Waals surface area contributed by atoms with E-state index in [9.17, 15) is 10.1 Å². The number of nitrogens with zero attached hydrogens (tertiary/aromatic N) is 3. The minimum Gasteiger partial charge on any atom is -0.493 e. The molecule has 9 heteroatoms. The monoisotopic (exact) mass is 520 g/mol. The van der Waals surface area contributed by atoms with Crippen LogP contribution >= 0.6 is 11.3 Å². The van der Waals surface area contributed by atoms with Crippen molar-refractivity contribution in [1.82, 2.24) is 10.2 Å². The van der Waals surface area contributed by atoms with Gasteiger partial charge in [-0.2, -0.15) is 5.26 Å². The number of rotatable bonds is 13. The van der Waals surface area contributed by atoms with E-state index < -0.39 is 5.91 Å². The Labute approximate surface area is 221 Å². The van der Waals surface area contributed by atoms with Crippen LogP contribution in [0.4, 0.5) is 5.13 Å². The molecule has 3 rings (SSSR count). The number of carbonyl (C=O) groups excluding carboxylic acids is 1. The Hall–Kier alpha value is -3.90. The molecule has 8 nitrogen and oxygen atoms in total. The Morgan fingerprint density at radius 2 is 1.92 bits per heavy atom. The first-order valence-electron chi connectivity index (χ1n) is 12.2. The van der Waals surface area contributed by atoms with Crippen molar-refractivity contribution in [2.45, 2.75) is 46.5 Å². The van der Waals surface area contributed by atoms with Crippen molar-refractivity contribution in [3.8, 4) is 23.3 Å². The van der Waals surface area contributed by atoms with Gasteiger partial charge in [-0.1, -0.05) is 43.7 Å². The molecular weight excluding hydrogens is 488 g/mol. The Balaban J connectivity index is 1.60. The van der Waals surface area contributed by atoms with E-state index >= 15 is 0 Å². The van der Waals surface area contributed by atoms with Gasteiger partial charge >= 0.3 is 0 Å². The molecule has 0 spiro atoms. The molecule has 37 heavy (non-hydrogen) atoms. The molecular formula is C28H32N4O4S. The molecule has 1 amide bonds. The maximum atomic E-state index is 12.6. The molecule has 0 saturated carbocycles. The van der Waals surface area contributed by atoms with Crippen LogP contribution in [0.3, 0.4) is 0 Å². The number of nitriles is 1. The Bertz CT molecular complexity index is 1280. The average Bonchev–Trinajstić information content (AvgIpc) is 3.35. The summed E-state index contributed by atoms with van der Waals surface area (Å²) in [4.78, 5) is 12.6. The summed E-state index contributed by atoms with van der Waals surface area (Å²) < 4.78 is 17.2. The van der Waals surface area contributed by atoms with E-state index in [1.807, 2.05) is 25.1 Å². The summed E-state index contributed by atoms with van der Waals surface area (Å²) in [6.45, 7) is 6.97. The van der Waals surface area contributed by atoms with Gasteiger partial charge in [0.2, 0.25) is 5.13 Å². The lowest BCUT2D eigenvalue weighted by molar-refractivity contribution is -0.112. The van der Waals surface area contributed by atoms with E-state index in [0.717, 1.165) is 42.0 Å². The molecule has 2 aromatic carbocycles. The minimum atomic E-state index is -0.542. The van der Waals surface area contributed by atoms with Gasteiger partial charge < -0.3 is 14.2 Å². The molecule has 1 aromatic heterocycles. The number of hydrogen-bond acceptors (Lipinski definition) is 8. The van der Waals surface area contributed by atoms with Crippen molar-refractivity contribution in [3.63, 3.8) is 0 Å². The van der Waals surface area contributed by atoms with Crippen LogP contribution in [0.5, 0.6) is 17.2 Å². The third kappa shape index (κ3) is 8.33. The Morgan fingerprint density at radius 3 is 2.65 bits per heavy atom. The summed E-state index contributed by atoms with van der Waals surface area (Å²) in [6, 6.07) is 13.3. The summed E-state index contributed by atoms with van der Waals surface area (Å²) in [6.07, 6.45) is 5.32. The molecule has 0 aliphatic rings. The van der Waals surface area contributed by atoms with Crippen molar-refractivity contribution in [2.75, 3.05) is 25.6 Å². The molecule has 3 aromatic rings. The van der Waals surface area contributed by atoms with E-state index in [0.29, 0.717) is 35.4 Å². The van der Waals surface area contributed by atoms with Crippen LogP contribution in [0.1, 0.15) is 48.4 Å². The van der Waals surface area contributed by atoms with Crippen LogP contribution in [0.15, 0.2) is 42.0 Å². The molecule has 0 saturated heterocycles. The zero-order valence-electron chi connectivity index (χ0n) is 21.7. The van der Waals surface area contributed by atoms with E-state index in [-0.39, 0.29) is 5.57 Å². The fourth-order valence-corrected chi connectivity index (χ4v) is 4.31. The third-order valence-electron chi connectivity index (χ3n) is 5.42. The lowest BCUT2D eigenvalue weighted by Gasteiger charge is -2.13. The van der Waals surface area contributed by atoms with Gasteiger partial charge in [0, 0.05) is 6.42 Å². The second-order valence-electron chi connectivity index (χ2n) is 8.34. The molecule has 0 atom stereocenters. The van der Waals surface area contributed by atoms with E-state index in [1.54, 1.807) is 18.2 Å². The first-order chi connectivity index (χ1) is 17.9. The zero-order valence-corrected chi connectivity index (χ0v) is 22.5. The van der Waals surface area contributed by atoms with E-state index in [1.165, 1.54) is 30.1 Å². The first kappa shape index (κ1) is 27.7. The fraction of sp³-hybridized carbons (Fsp3) is 0.357. The van der Waals surface area contributed by atoms with Crippen LogP contribution in [-0.4, -0.2) is 36.4 Å². The highest BCUT2D eigenvalue weighted by molar-refractivity contribution is 7.15. The van der Waals surface area contributed by atoms with Gasteiger partial charge in [-0.05, 0) is 66.8 Å². The minimum absolute atomic E-state index is 0.0565. The third-order valence-corrected chi connectivity index (χ3v) is 6.32. The predicted octanol–water partition coefficient (Wildman–Crippen LogP) is 5.76. The molecule has 194 valence electrons. The molecule has 1 N–H and O–H groups in total. The molecule has 0 aliphatic carbocycles. The number of anilines is 1. The zero-order chi connectivity index (χ0) is 26.6. The predicted molar refractivity (Wildman–Crippen MR) is 145 cm³/mol. The maximum Gasteiger partial charge on any atom is 0.268 e. The second-order valence-corrected chi connectivity index (χ2v) is 9.41. The van der Waals surface area contributed by atoms with Crippen LogP contribution in [-0.2, 0) is 17.6 Å². The van der Waals surface area contributed by atoms with E-state index in [4.69, 9.17) is 14.2 Å². The SMILES string of the molecule is CCCCc1nnc(NC(=O)/C(C#N)=C\c2ccc(OCCOc3cc(C)cc(CC)c3)c(OC)c2)s1. The molecule has 0 radical (unpaired) electrons. The quantitative estimate of drug-likeness (QED) is 0.173. The van der Waals surface area contributed by atoms with Gasteiger partial charge in [-0.15, -0.1) is 10.2 Å². The van der Waals surface area contributed by atoms with Gasteiger partial charge in [-0.3, -0.25) is 10.1 Å². The Kier molecular flexibility index (Phi) is 10.5. The topological polar surface area (TPSA) is 106 Å². The lowest BCUT2D eigenvalue weighted by atomic mass is 10.1. The van der Waals surface area contributed by atoms with Crippen molar-refractivity contribution >= 4 is 28.5 Å². The van der Waals surface area contributed by atoms with Gasteiger partial charge in [-0.25, -0.2) is 0 Å². The van der Waals surface area contributed by atoms with Crippen molar-refractivity contribution in [2.24, 2.45) is 0 Å². The van der Waals surface area contributed by atoms with E-state index in [2.05, 4.69) is 35.4 Å². The first-order valence-corrected chi connectivity index (χ1v) is 13.1. The molecule has 0 fully saturated rings. The summed E-state index contributed by atoms with van der Waals surface area (Å²) in [5.41, 5.74) is 2.96. The summed E-state index contributed by atoms with van der Waals surface area (Å²) in [5, 5.41) is 21.5. The standard InChI is InChI=1S/C28H32N4O4S/c1-5-7-8-26-31-32-28(37-26)30-27(33)22(18-29)15-21-9-10-24(25(17-21)34-4)36-12-11-35-23-14-19(3)13-20(6-2)16-23/h9-10,13-17H,5-8,11-12H2,1-4H3,(H,30,32,33)/b22-15-. The molecule has 0 bridgehead atoms. The van der Waals surface area contributed by atoms with Gasteiger partial charge in [0.15, 0.2) is 11.5 Å². The summed E-state index contributed by atoms with van der Waals surface area (Å²) in [5.74, 6) is 1.30. The highest BCUT2D eigenvalue weighted by atomic mass is 32.1.